The smallest absolute Gasteiger partial charge is 0.149 e. The lowest BCUT2D eigenvalue weighted by molar-refractivity contribution is 0.404. The molecule has 1 heterocycles. The van der Waals surface area contributed by atoms with Crippen molar-refractivity contribution in [1.29, 1.82) is 0 Å². The van der Waals surface area contributed by atoms with E-state index in [2.05, 4.69) is 53.9 Å². The number of rotatable bonds is 4. The van der Waals surface area contributed by atoms with Gasteiger partial charge in [-0.25, -0.2) is 0 Å². The molecule has 4 nitrogen and oxygen atoms in total. The molecule has 0 amide bonds. The van der Waals surface area contributed by atoms with Crippen LogP contribution < -0.4 is 10.1 Å². The molecule has 3 unspecified atom stereocenters. The second kappa shape index (κ2) is 8.81. The van der Waals surface area contributed by atoms with Crippen LogP contribution >= 0.6 is 0 Å². The molecule has 0 bridgehead atoms. The van der Waals surface area contributed by atoms with Crippen molar-refractivity contribution in [2.45, 2.75) is 31.8 Å². The van der Waals surface area contributed by atoms with Gasteiger partial charge in [-0.3, -0.25) is 4.99 Å². The number of benzene rings is 2. The second-order valence-electron chi connectivity index (χ2n) is 10.4. The van der Waals surface area contributed by atoms with Crippen LogP contribution in [0.1, 0.15) is 43.0 Å². The van der Waals surface area contributed by atoms with Crippen LogP contribution in [-0.4, -0.2) is 17.9 Å². The molecule has 0 spiro atoms. The van der Waals surface area contributed by atoms with Crippen molar-refractivity contribution in [2.24, 2.45) is 16.8 Å². The molecule has 2 aromatic rings. The lowest BCUT2D eigenvalue weighted by Gasteiger charge is -2.42. The normalized spacial score (nSPS) is 25.6. The summed E-state index contributed by atoms with van der Waals surface area (Å²) in [7, 11) is 1.60. The Bertz CT molecular complexity index is 1500. The molecule has 184 valence electrons. The first kappa shape index (κ1) is 22.2. The van der Waals surface area contributed by atoms with Gasteiger partial charge >= 0.3 is 0 Å². The molecule has 5 aliphatic rings. The first-order valence-corrected chi connectivity index (χ1v) is 13.2. The Morgan fingerprint density at radius 1 is 1.05 bits per heavy atom. The lowest BCUT2D eigenvalue weighted by Crippen LogP contribution is -2.31. The number of aliphatic imine (C=N–C) groups is 1. The molecular weight excluding hydrogens is 456 g/mol. The average Bonchev–Trinajstić information content (AvgIpc) is 2.96. The molecule has 2 N–H and O–H groups in total. The van der Waals surface area contributed by atoms with Crippen molar-refractivity contribution in [2.75, 3.05) is 7.11 Å². The molecule has 0 saturated heterocycles. The minimum absolute atomic E-state index is 0.170. The molecular formula is C33H30N2O2. The van der Waals surface area contributed by atoms with Gasteiger partial charge in [-0.1, -0.05) is 66.3 Å². The third-order valence-electron chi connectivity index (χ3n) is 8.35. The van der Waals surface area contributed by atoms with Gasteiger partial charge in [0.2, 0.25) is 0 Å². The van der Waals surface area contributed by atoms with Crippen molar-refractivity contribution >= 4 is 11.4 Å². The summed E-state index contributed by atoms with van der Waals surface area (Å²) in [5.74, 6) is 1.80. The third kappa shape index (κ3) is 3.71. The van der Waals surface area contributed by atoms with Gasteiger partial charge in [-0.05, 0) is 72.1 Å². The number of hydrogen-bond donors (Lipinski definition) is 2. The van der Waals surface area contributed by atoms with E-state index in [9.17, 15) is 5.11 Å². The zero-order valence-corrected chi connectivity index (χ0v) is 20.9. The minimum Gasteiger partial charge on any atom is -0.507 e. The van der Waals surface area contributed by atoms with Crippen molar-refractivity contribution in [3.05, 3.63) is 124 Å². The van der Waals surface area contributed by atoms with Crippen LogP contribution in [0.3, 0.4) is 0 Å². The highest BCUT2D eigenvalue weighted by Gasteiger charge is 2.39. The molecule has 3 atom stereocenters. The summed E-state index contributed by atoms with van der Waals surface area (Å²) in [5.41, 5.74) is 10.9. The van der Waals surface area contributed by atoms with E-state index in [1.54, 1.807) is 24.3 Å². The maximum absolute atomic E-state index is 10.9. The van der Waals surface area contributed by atoms with E-state index < -0.39 is 6.17 Å². The number of nitrogens with zero attached hydrogens (tertiary/aromatic N) is 1. The third-order valence-corrected chi connectivity index (χ3v) is 8.35. The Kier molecular flexibility index (Phi) is 5.28. The predicted octanol–water partition coefficient (Wildman–Crippen LogP) is 6.96. The average molecular weight is 487 g/mol. The van der Waals surface area contributed by atoms with Crippen LogP contribution in [0.2, 0.25) is 0 Å². The number of methoxy groups -OCH3 is 1. The van der Waals surface area contributed by atoms with Gasteiger partial charge in [0.1, 0.15) is 17.7 Å². The molecule has 1 aliphatic heterocycles. The number of phenolic OH excluding ortho intramolecular Hbond substituents is 1. The van der Waals surface area contributed by atoms with E-state index in [4.69, 9.17) is 9.73 Å². The fraction of sp³-hybridized carbons (Fsp3) is 0.242. The van der Waals surface area contributed by atoms with Crippen molar-refractivity contribution in [3.63, 3.8) is 0 Å². The van der Waals surface area contributed by atoms with Gasteiger partial charge in [0.25, 0.3) is 0 Å². The van der Waals surface area contributed by atoms with Gasteiger partial charge in [0.15, 0.2) is 0 Å². The summed E-state index contributed by atoms with van der Waals surface area (Å²) in [6.07, 6.45) is 18.3. The molecule has 0 saturated carbocycles. The van der Waals surface area contributed by atoms with E-state index in [-0.39, 0.29) is 5.75 Å². The molecule has 4 heteroatoms. The van der Waals surface area contributed by atoms with Crippen LogP contribution in [0, 0.1) is 11.8 Å². The van der Waals surface area contributed by atoms with Gasteiger partial charge in [0.05, 0.1) is 12.8 Å². The van der Waals surface area contributed by atoms with Crippen LogP contribution in [0.25, 0.3) is 5.70 Å². The number of phenols is 1. The fourth-order valence-corrected chi connectivity index (χ4v) is 6.57. The molecule has 0 aromatic heterocycles. The second-order valence-corrected chi connectivity index (χ2v) is 10.4. The topological polar surface area (TPSA) is 53.8 Å². The van der Waals surface area contributed by atoms with Crippen LogP contribution in [0.4, 0.5) is 0 Å². The van der Waals surface area contributed by atoms with E-state index in [0.717, 1.165) is 29.0 Å². The highest BCUT2D eigenvalue weighted by molar-refractivity contribution is 6.16. The Hall–Kier alpha value is -4.05. The highest BCUT2D eigenvalue weighted by Crippen LogP contribution is 2.52. The molecule has 0 radical (unpaired) electrons. The summed E-state index contributed by atoms with van der Waals surface area (Å²) in [5, 5.41) is 14.4. The van der Waals surface area contributed by atoms with Crippen LogP contribution in [0.15, 0.2) is 118 Å². The number of nitrogens with one attached hydrogen (secondary N) is 1. The van der Waals surface area contributed by atoms with Gasteiger partial charge < -0.3 is 15.2 Å². The monoisotopic (exact) mass is 486 g/mol. The molecule has 4 aliphatic carbocycles. The Morgan fingerprint density at radius 3 is 2.78 bits per heavy atom. The standard InChI is InChI=1S/C33H30N2O2/c1-37-24-14-17-27(30(36)18-24)33-34-28(20-6-3-2-4-7-20)19-29(35-33)25-15-12-23-11-10-21-8-5-9-22-13-16-26(25)32(23)31(21)22/h2-4,6-7,10-12,14-19,22,32-34,36H,5,8-9,13H2,1H3. The molecule has 7 rings (SSSR count). The Labute approximate surface area is 217 Å². The zero-order chi connectivity index (χ0) is 24.9. The highest BCUT2D eigenvalue weighted by atomic mass is 16.5. The quantitative estimate of drug-likeness (QED) is 0.491. The summed E-state index contributed by atoms with van der Waals surface area (Å²) >= 11 is 0. The minimum atomic E-state index is -0.417. The van der Waals surface area contributed by atoms with Crippen LogP contribution in [-0.2, 0) is 0 Å². The maximum Gasteiger partial charge on any atom is 0.149 e. The zero-order valence-electron chi connectivity index (χ0n) is 20.9. The molecule has 2 aromatic carbocycles. The predicted molar refractivity (Wildman–Crippen MR) is 148 cm³/mol. The first-order chi connectivity index (χ1) is 18.2. The van der Waals surface area contributed by atoms with Gasteiger partial charge in [0, 0.05) is 28.8 Å². The number of allylic oxidation sites excluding steroid dienone is 11. The fourth-order valence-electron chi connectivity index (χ4n) is 6.57. The Morgan fingerprint density at radius 2 is 1.95 bits per heavy atom. The number of ether oxygens (including phenoxy) is 1. The van der Waals surface area contributed by atoms with Crippen molar-refractivity contribution in [1.82, 2.24) is 5.32 Å². The van der Waals surface area contributed by atoms with Crippen molar-refractivity contribution < 1.29 is 9.84 Å². The number of aromatic hydroxyl groups is 1. The summed E-state index contributed by atoms with van der Waals surface area (Å²) in [4.78, 5) is 5.18. The van der Waals surface area contributed by atoms with Gasteiger partial charge in [-0.15, -0.1) is 0 Å². The van der Waals surface area contributed by atoms with Gasteiger partial charge in [-0.2, -0.15) is 0 Å². The van der Waals surface area contributed by atoms with Crippen LogP contribution in [0.5, 0.6) is 11.5 Å². The van der Waals surface area contributed by atoms with E-state index >= 15 is 0 Å². The summed E-state index contributed by atoms with van der Waals surface area (Å²) in [6, 6.07) is 15.8. The summed E-state index contributed by atoms with van der Waals surface area (Å²) < 4.78 is 5.31. The molecule has 0 fully saturated rings. The lowest BCUT2D eigenvalue weighted by atomic mass is 9.62. The first-order valence-electron chi connectivity index (χ1n) is 13.2. The van der Waals surface area contributed by atoms with Crippen molar-refractivity contribution in [3.8, 4) is 11.5 Å². The van der Waals surface area contributed by atoms with E-state index in [1.165, 1.54) is 36.0 Å². The maximum atomic E-state index is 10.9. The summed E-state index contributed by atoms with van der Waals surface area (Å²) in [6.45, 7) is 0. The van der Waals surface area contributed by atoms with E-state index in [0.29, 0.717) is 17.6 Å². The number of hydrogen-bond acceptors (Lipinski definition) is 4. The SMILES string of the molecule is COc1ccc(C2N=C(C3=CC=C4C=CC5=C6C(CC=C3C46)CCC5)C=C(c3ccccc3)N2)c(O)c1. The largest absolute Gasteiger partial charge is 0.507 e. The van der Waals surface area contributed by atoms with E-state index in [1.807, 2.05) is 30.3 Å². The molecule has 37 heavy (non-hydrogen) atoms. The Balaban J connectivity index is 1.35.